The molecule has 6 heteroatoms. The minimum Gasteiger partial charge on any atom is -0.495 e. The Morgan fingerprint density at radius 1 is 1.26 bits per heavy atom. The normalized spacial score (nSPS) is 13.5. The summed E-state index contributed by atoms with van der Waals surface area (Å²) in [5.74, 6) is -0.360. The SMILES string of the molecule is COc1cc(NC(C)C(C)C(=O)O)c(OC)cc1Cl. The summed E-state index contributed by atoms with van der Waals surface area (Å²) in [4.78, 5) is 10.9. The average molecular weight is 288 g/mol. The van der Waals surface area contributed by atoms with E-state index in [4.69, 9.17) is 26.2 Å². The van der Waals surface area contributed by atoms with Gasteiger partial charge in [-0.3, -0.25) is 4.79 Å². The van der Waals surface area contributed by atoms with E-state index in [1.54, 1.807) is 26.0 Å². The van der Waals surface area contributed by atoms with Crippen LogP contribution >= 0.6 is 11.6 Å². The molecule has 2 unspecified atom stereocenters. The molecule has 0 spiro atoms. The van der Waals surface area contributed by atoms with Crippen molar-refractivity contribution in [2.45, 2.75) is 19.9 Å². The number of ether oxygens (including phenoxy) is 2. The first kappa shape index (κ1) is 15.4. The van der Waals surface area contributed by atoms with E-state index in [1.165, 1.54) is 14.2 Å². The van der Waals surface area contributed by atoms with Gasteiger partial charge in [0.2, 0.25) is 0 Å². The fourth-order valence-corrected chi connectivity index (χ4v) is 1.79. The molecule has 1 aromatic carbocycles. The highest BCUT2D eigenvalue weighted by Crippen LogP contribution is 2.36. The van der Waals surface area contributed by atoms with Crippen molar-refractivity contribution in [1.29, 1.82) is 0 Å². The van der Waals surface area contributed by atoms with Gasteiger partial charge in [0, 0.05) is 18.2 Å². The number of hydrogen-bond acceptors (Lipinski definition) is 4. The quantitative estimate of drug-likeness (QED) is 0.842. The van der Waals surface area contributed by atoms with E-state index in [0.717, 1.165) is 0 Å². The van der Waals surface area contributed by atoms with Crippen molar-refractivity contribution in [2.75, 3.05) is 19.5 Å². The van der Waals surface area contributed by atoms with Gasteiger partial charge in [-0.15, -0.1) is 0 Å². The molecule has 0 bridgehead atoms. The van der Waals surface area contributed by atoms with Crippen molar-refractivity contribution in [1.82, 2.24) is 0 Å². The highest BCUT2D eigenvalue weighted by atomic mass is 35.5. The van der Waals surface area contributed by atoms with E-state index in [0.29, 0.717) is 22.2 Å². The Kier molecular flexibility index (Phi) is 5.30. The van der Waals surface area contributed by atoms with Crippen LogP contribution in [0.4, 0.5) is 5.69 Å². The lowest BCUT2D eigenvalue weighted by Gasteiger charge is -2.21. The molecule has 19 heavy (non-hydrogen) atoms. The first-order valence-corrected chi connectivity index (χ1v) is 6.19. The first-order valence-electron chi connectivity index (χ1n) is 5.81. The maximum Gasteiger partial charge on any atom is 0.308 e. The van der Waals surface area contributed by atoms with Crippen molar-refractivity contribution >= 4 is 23.3 Å². The van der Waals surface area contributed by atoms with E-state index >= 15 is 0 Å². The lowest BCUT2D eigenvalue weighted by molar-refractivity contribution is -0.141. The molecule has 0 aromatic heterocycles. The number of methoxy groups -OCH3 is 2. The molecule has 0 heterocycles. The number of hydrogen-bond donors (Lipinski definition) is 2. The molecular formula is C13H18ClNO4. The zero-order valence-electron chi connectivity index (χ0n) is 11.4. The number of nitrogens with one attached hydrogen (secondary N) is 1. The maximum atomic E-state index is 10.9. The van der Waals surface area contributed by atoms with Gasteiger partial charge < -0.3 is 19.9 Å². The Morgan fingerprint density at radius 3 is 2.32 bits per heavy atom. The predicted octanol–water partition coefficient (Wildman–Crippen LogP) is 2.88. The zero-order valence-corrected chi connectivity index (χ0v) is 12.1. The molecule has 0 fully saturated rings. The van der Waals surface area contributed by atoms with Gasteiger partial charge in [-0.1, -0.05) is 11.6 Å². The Balaban J connectivity index is 3.02. The Labute approximate surface area is 117 Å². The van der Waals surface area contributed by atoms with Gasteiger partial charge in [0.15, 0.2) is 0 Å². The van der Waals surface area contributed by atoms with Crippen LogP contribution in [0.2, 0.25) is 5.02 Å². The molecule has 1 rings (SSSR count). The predicted molar refractivity (Wildman–Crippen MR) is 74.4 cm³/mol. The first-order chi connectivity index (χ1) is 8.90. The number of anilines is 1. The van der Waals surface area contributed by atoms with Crippen molar-refractivity contribution in [3.8, 4) is 11.5 Å². The lowest BCUT2D eigenvalue weighted by Crippen LogP contribution is -2.29. The van der Waals surface area contributed by atoms with Gasteiger partial charge in [0.05, 0.1) is 30.8 Å². The maximum absolute atomic E-state index is 10.9. The van der Waals surface area contributed by atoms with E-state index in [1.807, 2.05) is 0 Å². The number of benzene rings is 1. The second kappa shape index (κ2) is 6.52. The van der Waals surface area contributed by atoms with Crippen molar-refractivity contribution in [2.24, 2.45) is 5.92 Å². The van der Waals surface area contributed by atoms with Crippen molar-refractivity contribution in [3.63, 3.8) is 0 Å². The smallest absolute Gasteiger partial charge is 0.308 e. The molecule has 0 aliphatic heterocycles. The lowest BCUT2D eigenvalue weighted by atomic mass is 10.0. The summed E-state index contributed by atoms with van der Waals surface area (Å²) >= 11 is 6.00. The van der Waals surface area contributed by atoms with Crippen molar-refractivity contribution < 1.29 is 19.4 Å². The number of carboxylic acid groups (broad SMARTS) is 1. The number of aliphatic carboxylic acids is 1. The molecular weight excluding hydrogens is 270 g/mol. The Morgan fingerprint density at radius 2 is 1.84 bits per heavy atom. The summed E-state index contributed by atoms with van der Waals surface area (Å²) in [6, 6.07) is 3.05. The molecule has 1 aromatic rings. The minimum absolute atomic E-state index is 0.266. The van der Waals surface area contributed by atoms with E-state index < -0.39 is 11.9 Å². The summed E-state index contributed by atoms with van der Waals surface area (Å²) in [6.07, 6.45) is 0. The van der Waals surface area contributed by atoms with Crippen LogP contribution in [0.1, 0.15) is 13.8 Å². The second-order valence-electron chi connectivity index (χ2n) is 4.25. The number of rotatable bonds is 6. The summed E-state index contributed by atoms with van der Waals surface area (Å²) in [7, 11) is 3.04. The number of halogens is 1. The largest absolute Gasteiger partial charge is 0.495 e. The van der Waals surface area contributed by atoms with Gasteiger partial charge >= 0.3 is 5.97 Å². The molecule has 0 radical (unpaired) electrons. The molecule has 2 atom stereocenters. The Bertz CT molecular complexity index is 464. The molecule has 0 saturated carbocycles. The van der Waals surface area contributed by atoms with Gasteiger partial charge in [0.25, 0.3) is 0 Å². The summed E-state index contributed by atoms with van der Waals surface area (Å²) in [6.45, 7) is 3.43. The third-order valence-electron chi connectivity index (χ3n) is 3.00. The molecule has 0 saturated heterocycles. The third kappa shape index (κ3) is 3.67. The van der Waals surface area contributed by atoms with Crippen LogP contribution in [-0.4, -0.2) is 31.3 Å². The molecule has 0 aliphatic carbocycles. The average Bonchev–Trinajstić information content (AvgIpc) is 2.38. The summed E-state index contributed by atoms with van der Waals surface area (Å²) < 4.78 is 10.3. The van der Waals surface area contributed by atoms with Crippen molar-refractivity contribution in [3.05, 3.63) is 17.2 Å². The highest BCUT2D eigenvalue weighted by molar-refractivity contribution is 6.32. The third-order valence-corrected chi connectivity index (χ3v) is 3.29. The second-order valence-corrected chi connectivity index (χ2v) is 4.65. The van der Waals surface area contributed by atoms with E-state index in [9.17, 15) is 4.79 Å². The standard InChI is InChI=1S/C13H18ClNO4/c1-7(13(16)17)8(2)15-10-6-11(18-3)9(14)5-12(10)19-4/h5-8,15H,1-4H3,(H,16,17). The van der Waals surface area contributed by atoms with Gasteiger partial charge in [-0.2, -0.15) is 0 Å². The van der Waals surface area contributed by atoms with E-state index in [2.05, 4.69) is 5.32 Å². The van der Waals surface area contributed by atoms with Gasteiger partial charge in [-0.25, -0.2) is 0 Å². The Hall–Kier alpha value is -1.62. The van der Waals surface area contributed by atoms with E-state index in [-0.39, 0.29) is 6.04 Å². The number of carbonyl (C=O) groups is 1. The molecule has 0 amide bonds. The monoisotopic (exact) mass is 287 g/mol. The molecule has 106 valence electrons. The van der Waals surface area contributed by atoms with Crippen LogP contribution in [0.3, 0.4) is 0 Å². The zero-order chi connectivity index (χ0) is 14.6. The van der Waals surface area contributed by atoms with Crippen LogP contribution in [0.15, 0.2) is 12.1 Å². The van der Waals surface area contributed by atoms with Crippen LogP contribution in [0.25, 0.3) is 0 Å². The molecule has 5 nitrogen and oxygen atoms in total. The van der Waals surface area contributed by atoms with Gasteiger partial charge in [-0.05, 0) is 13.8 Å². The highest BCUT2D eigenvalue weighted by Gasteiger charge is 2.21. The van der Waals surface area contributed by atoms with Crippen LogP contribution in [0, 0.1) is 5.92 Å². The summed E-state index contributed by atoms with van der Waals surface area (Å²) in [5.41, 5.74) is 0.643. The molecule has 2 N–H and O–H groups in total. The minimum atomic E-state index is -0.861. The fourth-order valence-electron chi connectivity index (χ4n) is 1.56. The van der Waals surface area contributed by atoms with Crippen LogP contribution in [0.5, 0.6) is 11.5 Å². The van der Waals surface area contributed by atoms with Crippen LogP contribution < -0.4 is 14.8 Å². The fraction of sp³-hybridized carbons (Fsp3) is 0.462. The topological polar surface area (TPSA) is 67.8 Å². The summed E-state index contributed by atoms with van der Waals surface area (Å²) in [5, 5.41) is 12.5. The molecule has 0 aliphatic rings. The van der Waals surface area contributed by atoms with Crippen LogP contribution in [-0.2, 0) is 4.79 Å². The number of carboxylic acids is 1. The van der Waals surface area contributed by atoms with Gasteiger partial charge in [0.1, 0.15) is 11.5 Å².